The van der Waals surface area contributed by atoms with Gasteiger partial charge >= 0.3 is 7.87 Å². The van der Waals surface area contributed by atoms with Gasteiger partial charge in [0, 0.05) is 13.1 Å². The Morgan fingerprint density at radius 2 is 1.83 bits per heavy atom. The zero-order valence-corrected chi connectivity index (χ0v) is 8.46. The minimum Gasteiger partial charge on any atom is -0.202 e. The van der Waals surface area contributed by atoms with Crippen molar-refractivity contribution in [2.75, 3.05) is 19.3 Å². The molecule has 0 radical (unpaired) electrons. The molecule has 0 aromatic rings. The van der Waals surface area contributed by atoms with Crippen molar-refractivity contribution in [1.29, 1.82) is 5.26 Å². The molecule has 0 saturated carbocycles. The Hall–Kier alpha value is -0.200. The van der Waals surface area contributed by atoms with Crippen LogP contribution in [0, 0.1) is 11.3 Å². The second-order valence-electron chi connectivity index (χ2n) is 2.46. The van der Waals surface area contributed by atoms with E-state index in [0.717, 1.165) is 0 Å². The molecule has 4 nitrogen and oxygen atoms in total. The standard InChI is InChI=1S/C7H16N2O2P/c1-3-9(4-2)12(10,11)7-5-6-8/h10-11H,3-5,7H2,1-2H3/q+1. The lowest BCUT2D eigenvalue weighted by atomic mass is 10.6. The van der Waals surface area contributed by atoms with E-state index in [1.807, 2.05) is 19.9 Å². The predicted octanol–water partition coefficient (Wildman–Crippen LogP) is 0.989. The summed E-state index contributed by atoms with van der Waals surface area (Å²) in [7, 11) is -2.96. The van der Waals surface area contributed by atoms with Crippen molar-refractivity contribution in [2.24, 2.45) is 0 Å². The molecule has 0 unspecified atom stereocenters. The lowest BCUT2D eigenvalue weighted by molar-refractivity contribution is 0.330. The summed E-state index contributed by atoms with van der Waals surface area (Å²) >= 11 is 0. The topological polar surface area (TPSA) is 67.5 Å². The molecule has 0 aliphatic heterocycles. The van der Waals surface area contributed by atoms with Crippen molar-refractivity contribution in [3.63, 3.8) is 0 Å². The highest BCUT2D eigenvalue weighted by Gasteiger charge is 2.39. The maximum absolute atomic E-state index is 9.55. The van der Waals surface area contributed by atoms with Gasteiger partial charge in [0.2, 0.25) is 0 Å². The lowest BCUT2D eigenvalue weighted by Crippen LogP contribution is -2.25. The Kier molecular flexibility index (Phi) is 5.36. The van der Waals surface area contributed by atoms with Crippen molar-refractivity contribution >= 4 is 7.87 Å². The van der Waals surface area contributed by atoms with Gasteiger partial charge in [-0.2, -0.15) is 5.26 Å². The zero-order chi connectivity index (χ0) is 9.61. The van der Waals surface area contributed by atoms with E-state index in [-0.39, 0.29) is 12.6 Å². The van der Waals surface area contributed by atoms with Crippen LogP contribution in [0.25, 0.3) is 0 Å². The number of rotatable bonds is 5. The second kappa shape index (κ2) is 5.45. The monoisotopic (exact) mass is 191 g/mol. The summed E-state index contributed by atoms with van der Waals surface area (Å²) in [5.74, 6) is 0. The third kappa shape index (κ3) is 3.46. The van der Waals surface area contributed by atoms with E-state index in [9.17, 15) is 9.79 Å². The van der Waals surface area contributed by atoms with E-state index in [0.29, 0.717) is 13.1 Å². The maximum Gasteiger partial charge on any atom is 0.343 e. The summed E-state index contributed by atoms with van der Waals surface area (Å²) in [5, 5.41) is 8.28. The van der Waals surface area contributed by atoms with Crippen LogP contribution in [0.3, 0.4) is 0 Å². The summed E-state index contributed by atoms with van der Waals surface area (Å²) < 4.78 is 1.62. The summed E-state index contributed by atoms with van der Waals surface area (Å²) in [5.41, 5.74) is 0. The minimum atomic E-state index is -2.96. The SMILES string of the molecule is CCN(CC)[P+](O)(O)CCC#N. The number of nitrogens with zero attached hydrogens (tertiary/aromatic N) is 2. The molecule has 0 amide bonds. The predicted molar refractivity (Wildman–Crippen MR) is 49.4 cm³/mol. The molecule has 0 rings (SSSR count). The van der Waals surface area contributed by atoms with Gasteiger partial charge in [-0.1, -0.05) is 0 Å². The lowest BCUT2D eigenvalue weighted by Gasteiger charge is -2.22. The van der Waals surface area contributed by atoms with Gasteiger partial charge in [0.25, 0.3) is 0 Å². The second-order valence-corrected chi connectivity index (χ2v) is 4.86. The Bertz CT molecular complexity index is 163. The molecule has 0 spiro atoms. The summed E-state index contributed by atoms with van der Waals surface area (Å²) in [6.45, 7) is 4.97. The molecule has 0 atom stereocenters. The third-order valence-corrected chi connectivity index (χ3v) is 4.00. The molecular weight excluding hydrogens is 175 g/mol. The minimum absolute atomic E-state index is 0.186. The molecule has 0 bridgehead atoms. The molecule has 0 saturated heterocycles. The van der Waals surface area contributed by atoms with Gasteiger partial charge in [0.15, 0.2) is 0 Å². The average Bonchev–Trinajstić information content (AvgIpc) is 2.03. The van der Waals surface area contributed by atoms with Gasteiger partial charge in [-0.3, -0.25) is 0 Å². The van der Waals surface area contributed by atoms with Gasteiger partial charge in [-0.15, -0.1) is 4.67 Å². The van der Waals surface area contributed by atoms with Crippen LogP contribution in [0.4, 0.5) is 0 Å². The molecule has 0 aromatic carbocycles. The van der Waals surface area contributed by atoms with Gasteiger partial charge in [0.05, 0.1) is 12.5 Å². The summed E-state index contributed by atoms with van der Waals surface area (Å²) in [6.07, 6.45) is 0.391. The Morgan fingerprint density at radius 3 is 2.17 bits per heavy atom. The highest BCUT2D eigenvalue weighted by molar-refractivity contribution is 7.62. The summed E-state index contributed by atoms with van der Waals surface area (Å²) in [4.78, 5) is 19.1. The zero-order valence-electron chi connectivity index (χ0n) is 7.56. The normalized spacial score (nSPS) is 11.7. The first kappa shape index (κ1) is 11.8. The van der Waals surface area contributed by atoms with E-state index in [1.54, 1.807) is 4.67 Å². The molecule has 0 aromatic heterocycles. The van der Waals surface area contributed by atoms with Crippen molar-refractivity contribution in [2.45, 2.75) is 20.3 Å². The van der Waals surface area contributed by atoms with Crippen LogP contribution >= 0.6 is 7.87 Å². The molecule has 5 heteroatoms. The quantitative estimate of drug-likeness (QED) is 0.636. The van der Waals surface area contributed by atoms with E-state index >= 15 is 0 Å². The molecule has 70 valence electrons. The van der Waals surface area contributed by atoms with Crippen LogP contribution in [0.15, 0.2) is 0 Å². The number of nitriles is 1. The molecule has 0 fully saturated rings. The fraction of sp³-hybridized carbons (Fsp3) is 0.857. The third-order valence-electron chi connectivity index (χ3n) is 1.71. The molecule has 2 N–H and O–H groups in total. The fourth-order valence-electron chi connectivity index (χ4n) is 1.02. The van der Waals surface area contributed by atoms with Crippen LogP contribution in [0.1, 0.15) is 20.3 Å². The average molecular weight is 191 g/mol. The summed E-state index contributed by atoms with van der Waals surface area (Å²) in [6, 6.07) is 1.91. The van der Waals surface area contributed by atoms with E-state index in [4.69, 9.17) is 5.26 Å². The Balaban J connectivity index is 4.07. The van der Waals surface area contributed by atoms with Crippen molar-refractivity contribution in [3.8, 4) is 6.07 Å². The molecule has 0 aliphatic rings. The van der Waals surface area contributed by atoms with Gasteiger partial charge in [0.1, 0.15) is 6.16 Å². The van der Waals surface area contributed by atoms with Crippen molar-refractivity contribution < 1.29 is 9.79 Å². The van der Waals surface area contributed by atoms with Gasteiger partial charge in [-0.05, 0) is 13.8 Å². The van der Waals surface area contributed by atoms with Crippen LogP contribution < -0.4 is 0 Å². The van der Waals surface area contributed by atoms with Crippen molar-refractivity contribution in [3.05, 3.63) is 0 Å². The maximum atomic E-state index is 9.55. The van der Waals surface area contributed by atoms with E-state index in [2.05, 4.69) is 0 Å². The first-order valence-corrected chi connectivity index (χ1v) is 5.87. The largest absolute Gasteiger partial charge is 0.343 e. The number of hydrogen-bond donors (Lipinski definition) is 2. The van der Waals surface area contributed by atoms with Crippen LogP contribution in [-0.2, 0) is 0 Å². The van der Waals surface area contributed by atoms with Crippen LogP contribution in [-0.4, -0.2) is 33.7 Å². The van der Waals surface area contributed by atoms with Crippen molar-refractivity contribution in [1.82, 2.24) is 4.67 Å². The highest BCUT2D eigenvalue weighted by atomic mass is 31.2. The molecule has 0 aliphatic carbocycles. The molecule has 12 heavy (non-hydrogen) atoms. The van der Waals surface area contributed by atoms with E-state index < -0.39 is 7.87 Å². The van der Waals surface area contributed by atoms with Gasteiger partial charge in [-0.25, -0.2) is 9.79 Å². The smallest absolute Gasteiger partial charge is 0.202 e. The fourth-order valence-corrected chi connectivity index (χ4v) is 2.61. The van der Waals surface area contributed by atoms with E-state index in [1.165, 1.54) is 0 Å². The molecular formula is C7H16N2O2P+. The Labute approximate surface area is 74.0 Å². The molecule has 0 heterocycles. The highest BCUT2D eigenvalue weighted by Crippen LogP contribution is 2.53. The van der Waals surface area contributed by atoms with Crippen LogP contribution in [0.5, 0.6) is 0 Å². The first-order chi connectivity index (χ1) is 5.58. The Morgan fingerprint density at radius 1 is 1.33 bits per heavy atom. The first-order valence-electron chi connectivity index (χ1n) is 4.04. The van der Waals surface area contributed by atoms with Crippen LogP contribution in [0.2, 0.25) is 0 Å². The number of hydrogen-bond acceptors (Lipinski definition) is 4. The van der Waals surface area contributed by atoms with Gasteiger partial charge < -0.3 is 0 Å².